The number of hydrogen-bond acceptors (Lipinski definition) is 4. The molecular weight excluding hydrogens is 264 g/mol. The summed E-state index contributed by atoms with van der Waals surface area (Å²) in [6.07, 6.45) is 1.02. The van der Waals surface area contributed by atoms with Crippen LogP contribution < -0.4 is 4.74 Å². The van der Waals surface area contributed by atoms with Crippen molar-refractivity contribution in [2.45, 2.75) is 25.5 Å². The van der Waals surface area contributed by atoms with Crippen LogP contribution in [0.5, 0.6) is 5.75 Å². The van der Waals surface area contributed by atoms with Gasteiger partial charge in [-0.2, -0.15) is 0 Å². The van der Waals surface area contributed by atoms with Crippen molar-refractivity contribution < 1.29 is 9.47 Å². The molecule has 2 aliphatic rings. The van der Waals surface area contributed by atoms with Gasteiger partial charge in [-0.15, -0.1) is 0 Å². The fourth-order valence-electron chi connectivity index (χ4n) is 3.09. The average molecular weight is 280 g/mol. The van der Waals surface area contributed by atoms with Crippen molar-refractivity contribution in [3.05, 3.63) is 58.9 Å². The van der Waals surface area contributed by atoms with Gasteiger partial charge < -0.3 is 9.47 Å². The molecule has 0 spiro atoms. The minimum Gasteiger partial charge on any atom is -0.497 e. The average Bonchev–Trinajstić information content (AvgIpc) is 3.04. The second-order valence-electron chi connectivity index (χ2n) is 5.47. The monoisotopic (exact) mass is 280 g/mol. The lowest BCUT2D eigenvalue weighted by atomic mass is 10.1. The van der Waals surface area contributed by atoms with Gasteiger partial charge in [-0.3, -0.25) is 0 Å². The number of pyridine rings is 1. The number of hydrogen-bond donors (Lipinski definition) is 0. The van der Waals surface area contributed by atoms with E-state index >= 15 is 0 Å². The van der Waals surface area contributed by atoms with Gasteiger partial charge in [-0.05, 0) is 18.1 Å². The van der Waals surface area contributed by atoms with Gasteiger partial charge in [-0.1, -0.05) is 24.3 Å². The summed E-state index contributed by atoms with van der Waals surface area (Å²) in [4.78, 5) is 9.27. The molecule has 2 heterocycles. The van der Waals surface area contributed by atoms with Gasteiger partial charge in [0.15, 0.2) is 0 Å². The first-order chi connectivity index (χ1) is 10.2. The lowest BCUT2D eigenvalue weighted by Gasteiger charge is -2.09. The number of aliphatic imine (C=N–C) groups is 1. The molecule has 1 aliphatic carbocycles. The van der Waals surface area contributed by atoms with Gasteiger partial charge >= 0.3 is 0 Å². The summed E-state index contributed by atoms with van der Waals surface area (Å²) in [7, 11) is 1.65. The highest BCUT2D eigenvalue weighted by Gasteiger charge is 2.39. The molecular formula is C17H16N2O2. The molecule has 1 aromatic heterocycles. The Kier molecular flexibility index (Phi) is 2.70. The Morgan fingerprint density at radius 1 is 1.24 bits per heavy atom. The zero-order chi connectivity index (χ0) is 14.4. The third kappa shape index (κ3) is 1.98. The van der Waals surface area contributed by atoms with Crippen LogP contribution in [0.2, 0.25) is 0 Å². The highest BCUT2D eigenvalue weighted by Crippen LogP contribution is 2.40. The highest BCUT2D eigenvalue weighted by atomic mass is 16.5. The summed E-state index contributed by atoms with van der Waals surface area (Å²) in [5, 5.41) is 0. The van der Waals surface area contributed by atoms with Gasteiger partial charge in [0.2, 0.25) is 5.90 Å². The van der Waals surface area contributed by atoms with Crippen LogP contribution in [-0.4, -0.2) is 24.1 Å². The molecule has 4 nitrogen and oxygen atoms in total. The molecule has 2 atom stereocenters. The van der Waals surface area contributed by atoms with E-state index in [2.05, 4.69) is 29.2 Å². The third-order valence-electron chi connectivity index (χ3n) is 4.05. The molecule has 0 amide bonds. The smallest absolute Gasteiger partial charge is 0.236 e. The van der Waals surface area contributed by atoms with E-state index in [0.29, 0.717) is 5.90 Å². The fraction of sp³-hybridized carbons (Fsp3) is 0.294. The molecule has 2 aromatic rings. The third-order valence-corrected chi connectivity index (χ3v) is 4.05. The molecule has 0 bridgehead atoms. The summed E-state index contributed by atoms with van der Waals surface area (Å²) in [5.74, 6) is 1.41. The highest BCUT2D eigenvalue weighted by molar-refractivity contribution is 5.94. The van der Waals surface area contributed by atoms with E-state index in [0.717, 1.165) is 23.6 Å². The number of aromatic nitrogens is 1. The normalized spacial score (nSPS) is 22.3. The van der Waals surface area contributed by atoms with Crippen LogP contribution in [-0.2, 0) is 11.2 Å². The molecule has 0 saturated heterocycles. The van der Waals surface area contributed by atoms with Crippen molar-refractivity contribution >= 4 is 5.90 Å². The molecule has 1 aromatic carbocycles. The summed E-state index contributed by atoms with van der Waals surface area (Å²) in [6.45, 7) is 1.94. The van der Waals surface area contributed by atoms with E-state index < -0.39 is 0 Å². The quantitative estimate of drug-likeness (QED) is 0.849. The summed E-state index contributed by atoms with van der Waals surface area (Å²) < 4.78 is 11.3. The van der Waals surface area contributed by atoms with Crippen molar-refractivity contribution in [2.24, 2.45) is 4.99 Å². The van der Waals surface area contributed by atoms with Crippen molar-refractivity contribution in [1.29, 1.82) is 0 Å². The van der Waals surface area contributed by atoms with Gasteiger partial charge in [-0.25, -0.2) is 9.98 Å². The molecule has 4 heteroatoms. The Labute approximate surface area is 123 Å². The van der Waals surface area contributed by atoms with Crippen LogP contribution >= 0.6 is 0 Å². The van der Waals surface area contributed by atoms with E-state index in [1.807, 2.05) is 19.1 Å². The van der Waals surface area contributed by atoms with E-state index in [4.69, 9.17) is 14.5 Å². The number of nitrogens with zero attached hydrogens (tertiary/aromatic N) is 2. The number of methoxy groups -OCH3 is 1. The predicted octanol–water partition coefficient (Wildman–Crippen LogP) is 2.84. The van der Waals surface area contributed by atoms with Crippen LogP contribution in [0.1, 0.15) is 28.6 Å². The zero-order valence-corrected chi connectivity index (χ0v) is 12.0. The molecule has 0 fully saturated rings. The molecule has 0 unspecified atom stereocenters. The Morgan fingerprint density at radius 2 is 2.10 bits per heavy atom. The van der Waals surface area contributed by atoms with Crippen molar-refractivity contribution in [2.75, 3.05) is 7.11 Å². The Hall–Kier alpha value is -2.36. The van der Waals surface area contributed by atoms with Crippen molar-refractivity contribution in [3.63, 3.8) is 0 Å². The Morgan fingerprint density at radius 3 is 2.95 bits per heavy atom. The number of aryl methyl sites for hydroxylation is 1. The van der Waals surface area contributed by atoms with Crippen LogP contribution in [0.25, 0.3) is 0 Å². The van der Waals surface area contributed by atoms with E-state index in [-0.39, 0.29) is 12.1 Å². The van der Waals surface area contributed by atoms with E-state index in [1.165, 1.54) is 11.1 Å². The molecule has 0 N–H and O–H groups in total. The van der Waals surface area contributed by atoms with E-state index in [1.54, 1.807) is 7.11 Å². The van der Waals surface area contributed by atoms with Crippen molar-refractivity contribution in [3.8, 4) is 5.75 Å². The lowest BCUT2D eigenvalue weighted by Crippen LogP contribution is -2.14. The number of fused-ring (bicyclic) bond motifs is 3. The van der Waals surface area contributed by atoms with Crippen LogP contribution in [0.4, 0.5) is 0 Å². The fourth-order valence-corrected chi connectivity index (χ4v) is 3.09. The second kappa shape index (κ2) is 4.58. The predicted molar refractivity (Wildman–Crippen MR) is 79.8 cm³/mol. The van der Waals surface area contributed by atoms with Gasteiger partial charge in [0.05, 0.1) is 7.11 Å². The van der Waals surface area contributed by atoms with Gasteiger partial charge in [0.25, 0.3) is 0 Å². The summed E-state index contributed by atoms with van der Waals surface area (Å²) in [5.41, 5.74) is 4.26. The first kappa shape index (κ1) is 12.4. The number of ether oxygens (including phenoxy) is 2. The second-order valence-corrected chi connectivity index (χ2v) is 5.47. The van der Waals surface area contributed by atoms with Crippen molar-refractivity contribution in [1.82, 2.24) is 4.98 Å². The van der Waals surface area contributed by atoms with E-state index in [9.17, 15) is 0 Å². The first-order valence-electron chi connectivity index (χ1n) is 7.10. The SMILES string of the molecule is COc1cc(C)nc(C2=N[C@H]3c4ccccc4C[C@H]3O2)c1. The van der Waals surface area contributed by atoms with Crippen LogP contribution in [0.15, 0.2) is 41.4 Å². The standard InChI is InChI=1S/C17H16N2O2/c1-10-7-12(20-2)9-14(18-10)17-19-16-13-6-4-3-5-11(13)8-15(16)21-17/h3-7,9,15-16H,8H2,1-2H3/t15-,16+/m1/s1. The summed E-state index contributed by atoms with van der Waals surface area (Å²) in [6, 6.07) is 12.3. The molecule has 0 saturated carbocycles. The number of benzene rings is 1. The lowest BCUT2D eigenvalue weighted by molar-refractivity contribution is 0.206. The van der Waals surface area contributed by atoms with Crippen LogP contribution in [0.3, 0.4) is 0 Å². The minimum atomic E-state index is 0.101. The first-order valence-corrected chi connectivity index (χ1v) is 7.10. The maximum atomic E-state index is 6.04. The Balaban J connectivity index is 1.72. The molecule has 0 radical (unpaired) electrons. The summed E-state index contributed by atoms with van der Waals surface area (Å²) >= 11 is 0. The maximum absolute atomic E-state index is 6.04. The zero-order valence-electron chi connectivity index (χ0n) is 12.0. The topological polar surface area (TPSA) is 43.7 Å². The van der Waals surface area contributed by atoms with Gasteiger partial charge in [0.1, 0.15) is 23.6 Å². The van der Waals surface area contributed by atoms with Gasteiger partial charge in [0, 0.05) is 24.2 Å². The molecule has 21 heavy (non-hydrogen) atoms. The maximum Gasteiger partial charge on any atom is 0.236 e. The molecule has 4 rings (SSSR count). The Bertz CT molecular complexity index is 739. The van der Waals surface area contributed by atoms with Crippen LogP contribution in [0, 0.1) is 6.92 Å². The molecule has 1 aliphatic heterocycles. The minimum absolute atomic E-state index is 0.101. The number of rotatable bonds is 2. The molecule has 106 valence electrons. The largest absolute Gasteiger partial charge is 0.497 e.